The average Bonchev–Trinajstić information content (AvgIpc) is 2.85. The van der Waals surface area contributed by atoms with Gasteiger partial charge in [0.25, 0.3) is 5.91 Å². The summed E-state index contributed by atoms with van der Waals surface area (Å²) in [5, 5.41) is 16.3. The maximum Gasteiger partial charge on any atom is 0.343 e. The third-order valence-corrected chi connectivity index (χ3v) is 5.77. The zero-order valence-electron chi connectivity index (χ0n) is 18.3. The monoisotopic (exact) mass is 508 g/mol. The average molecular weight is 509 g/mol. The second kappa shape index (κ2) is 10.5. The van der Waals surface area contributed by atoms with Crippen molar-refractivity contribution >= 4 is 52.1 Å². The minimum atomic E-state index is -0.634. The SMILES string of the molecule is COc1cc(/C=N/NC(=O)c2cc3ccccc3cc2O)ccc1OC(=O)c1ccc(Cl)c(Cl)c1. The largest absolute Gasteiger partial charge is 0.507 e. The van der Waals surface area contributed by atoms with Crippen molar-refractivity contribution in [2.45, 2.75) is 0 Å². The number of ether oxygens (including phenoxy) is 2. The number of amides is 1. The minimum Gasteiger partial charge on any atom is -0.507 e. The number of phenols is 1. The summed E-state index contributed by atoms with van der Waals surface area (Å²) in [5.74, 6) is -0.882. The number of hydrogen-bond donors (Lipinski definition) is 2. The second-order valence-corrected chi connectivity index (χ2v) is 8.16. The Kier molecular flexibility index (Phi) is 7.19. The number of hydrazone groups is 1. The summed E-state index contributed by atoms with van der Waals surface area (Å²) >= 11 is 11.8. The highest BCUT2D eigenvalue weighted by molar-refractivity contribution is 6.42. The van der Waals surface area contributed by atoms with Crippen molar-refractivity contribution in [1.29, 1.82) is 0 Å². The molecule has 176 valence electrons. The van der Waals surface area contributed by atoms with Crippen LogP contribution in [0.25, 0.3) is 10.8 Å². The van der Waals surface area contributed by atoms with Gasteiger partial charge in [-0.1, -0.05) is 47.5 Å². The van der Waals surface area contributed by atoms with Gasteiger partial charge in [0.15, 0.2) is 11.5 Å². The van der Waals surface area contributed by atoms with Crippen molar-refractivity contribution in [3.8, 4) is 17.2 Å². The van der Waals surface area contributed by atoms with Crippen molar-refractivity contribution in [1.82, 2.24) is 5.43 Å². The van der Waals surface area contributed by atoms with Crippen LogP contribution in [0.5, 0.6) is 17.2 Å². The van der Waals surface area contributed by atoms with Gasteiger partial charge < -0.3 is 14.6 Å². The van der Waals surface area contributed by atoms with Gasteiger partial charge in [0.05, 0.1) is 34.5 Å². The zero-order valence-corrected chi connectivity index (χ0v) is 19.8. The van der Waals surface area contributed by atoms with Gasteiger partial charge in [0.2, 0.25) is 0 Å². The van der Waals surface area contributed by atoms with E-state index in [1.165, 1.54) is 43.7 Å². The van der Waals surface area contributed by atoms with Crippen molar-refractivity contribution in [3.05, 3.63) is 99.5 Å². The molecule has 35 heavy (non-hydrogen) atoms. The van der Waals surface area contributed by atoms with Crippen LogP contribution in [-0.2, 0) is 0 Å². The minimum absolute atomic E-state index is 0.1000. The number of halogens is 2. The molecule has 0 fully saturated rings. The van der Waals surface area contributed by atoms with E-state index in [4.69, 9.17) is 32.7 Å². The Labute approximate surface area is 210 Å². The second-order valence-electron chi connectivity index (χ2n) is 7.34. The molecule has 0 aliphatic heterocycles. The van der Waals surface area contributed by atoms with E-state index >= 15 is 0 Å². The standard InChI is InChI=1S/C26H18Cl2N2O5/c1-34-24-10-15(6-9-23(24)35-26(33)18-7-8-20(27)21(28)12-18)14-29-30-25(32)19-11-16-4-2-3-5-17(16)13-22(19)31/h2-14,31H,1H3,(H,30,32)/b29-14+. The number of carbonyl (C=O) groups excluding carboxylic acids is 2. The molecular weight excluding hydrogens is 491 g/mol. The van der Waals surface area contributed by atoms with E-state index in [0.717, 1.165) is 10.8 Å². The van der Waals surface area contributed by atoms with Crippen molar-refractivity contribution in [2.24, 2.45) is 5.10 Å². The lowest BCUT2D eigenvalue weighted by Gasteiger charge is -2.10. The molecule has 4 aromatic carbocycles. The van der Waals surface area contributed by atoms with Gasteiger partial charge in [-0.2, -0.15) is 5.10 Å². The number of methoxy groups -OCH3 is 1. The number of hydrogen-bond acceptors (Lipinski definition) is 6. The normalized spacial score (nSPS) is 10.9. The van der Waals surface area contributed by atoms with E-state index < -0.39 is 11.9 Å². The van der Waals surface area contributed by atoms with Crippen LogP contribution in [0.2, 0.25) is 10.0 Å². The molecule has 0 aliphatic rings. The van der Waals surface area contributed by atoms with Crippen LogP contribution >= 0.6 is 23.2 Å². The van der Waals surface area contributed by atoms with E-state index in [1.807, 2.05) is 24.3 Å². The number of carbonyl (C=O) groups is 2. The molecule has 9 heteroatoms. The number of nitrogens with one attached hydrogen (secondary N) is 1. The Bertz CT molecular complexity index is 1470. The van der Waals surface area contributed by atoms with Gasteiger partial charge >= 0.3 is 5.97 Å². The predicted octanol–water partition coefficient (Wildman–Crippen LogP) is 5.84. The maximum absolute atomic E-state index is 12.5. The first-order valence-corrected chi connectivity index (χ1v) is 11.0. The molecule has 0 spiro atoms. The topological polar surface area (TPSA) is 97.2 Å². The van der Waals surface area contributed by atoms with Crippen LogP contribution in [0.1, 0.15) is 26.3 Å². The highest BCUT2D eigenvalue weighted by Gasteiger charge is 2.15. The maximum atomic E-state index is 12.5. The Morgan fingerprint density at radius 1 is 0.914 bits per heavy atom. The van der Waals surface area contributed by atoms with Crippen LogP contribution in [0.15, 0.2) is 77.9 Å². The molecule has 0 unspecified atom stereocenters. The lowest BCUT2D eigenvalue weighted by molar-refractivity contribution is 0.0729. The van der Waals surface area contributed by atoms with Crippen molar-refractivity contribution < 1.29 is 24.2 Å². The van der Waals surface area contributed by atoms with Crippen LogP contribution in [0, 0.1) is 0 Å². The molecule has 0 saturated carbocycles. The summed E-state index contributed by atoms with van der Waals surface area (Å²) in [6.45, 7) is 0. The van der Waals surface area contributed by atoms with Crippen LogP contribution < -0.4 is 14.9 Å². The van der Waals surface area contributed by atoms with Gasteiger partial charge in [-0.05, 0) is 64.9 Å². The van der Waals surface area contributed by atoms with Gasteiger partial charge in [-0.15, -0.1) is 0 Å². The molecule has 0 heterocycles. The van der Waals surface area contributed by atoms with E-state index in [1.54, 1.807) is 18.2 Å². The molecule has 2 N–H and O–H groups in total. The van der Waals surface area contributed by atoms with Gasteiger partial charge in [-0.3, -0.25) is 4.79 Å². The number of rotatable bonds is 6. The summed E-state index contributed by atoms with van der Waals surface area (Å²) in [5.41, 5.74) is 3.29. The number of esters is 1. The molecule has 0 aliphatic carbocycles. The molecule has 0 saturated heterocycles. The first kappa shape index (κ1) is 24.1. The highest BCUT2D eigenvalue weighted by Crippen LogP contribution is 2.30. The van der Waals surface area contributed by atoms with Crippen molar-refractivity contribution in [2.75, 3.05) is 7.11 Å². The fourth-order valence-electron chi connectivity index (χ4n) is 3.27. The lowest BCUT2D eigenvalue weighted by Crippen LogP contribution is -2.17. The van der Waals surface area contributed by atoms with E-state index in [2.05, 4.69) is 10.5 Å². The third kappa shape index (κ3) is 5.54. The summed E-state index contributed by atoms with van der Waals surface area (Å²) in [7, 11) is 1.43. The number of nitrogens with zero attached hydrogens (tertiary/aromatic N) is 1. The van der Waals surface area contributed by atoms with Crippen LogP contribution in [0.4, 0.5) is 0 Å². The summed E-state index contributed by atoms with van der Waals surface area (Å²) in [4.78, 5) is 24.9. The summed E-state index contributed by atoms with van der Waals surface area (Å²) in [6.07, 6.45) is 1.39. The fraction of sp³-hybridized carbons (Fsp3) is 0.0385. The molecule has 0 atom stereocenters. The van der Waals surface area contributed by atoms with E-state index in [9.17, 15) is 14.7 Å². The summed E-state index contributed by atoms with van der Waals surface area (Å²) in [6, 6.07) is 19.7. The number of fused-ring (bicyclic) bond motifs is 1. The Morgan fingerprint density at radius 2 is 1.66 bits per heavy atom. The van der Waals surface area contributed by atoms with E-state index in [-0.39, 0.29) is 33.4 Å². The number of benzene rings is 4. The first-order chi connectivity index (χ1) is 16.9. The zero-order chi connectivity index (χ0) is 24.9. The predicted molar refractivity (Wildman–Crippen MR) is 135 cm³/mol. The molecule has 4 rings (SSSR count). The molecule has 7 nitrogen and oxygen atoms in total. The molecule has 0 radical (unpaired) electrons. The fourth-order valence-corrected chi connectivity index (χ4v) is 3.56. The van der Waals surface area contributed by atoms with E-state index in [0.29, 0.717) is 10.6 Å². The van der Waals surface area contributed by atoms with Gasteiger partial charge in [0.1, 0.15) is 5.75 Å². The Hall–Kier alpha value is -4.07. The van der Waals surface area contributed by atoms with Crippen molar-refractivity contribution in [3.63, 3.8) is 0 Å². The third-order valence-electron chi connectivity index (χ3n) is 5.03. The highest BCUT2D eigenvalue weighted by atomic mass is 35.5. The smallest absolute Gasteiger partial charge is 0.343 e. The Morgan fingerprint density at radius 3 is 2.37 bits per heavy atom. The Balaban J connectivity index is 1.45. The quantitative estimate of drug-likeness (QED) is 0.147. The lowest BCUT2D eigenvalue weighted by atomic mass is 10.1. The van der Waals surface area contributed by atoms with Crippen LogP contribution in [-0.4, -0.2) is 30.3 Å². The van der Waals surface area contributed by atoms with Crippen LogP contribution in [0.3, 0.4) is 0 Å². The molecular formula is C26H18Cl2N2O5. The molecule has 0 aromatic heterocycles. The van der Waals surface area contributed by atoms with Gasteiger partial charge in [0, 0.05) is 0 Å². The van der Waals surface area contributed by atoms with Gasteiger partial charge in [-0.25, -0.2) is 10.2 Å². The molecule has 1 amide bonds. The first-order valence-electron chi connectivity index (χ1n) is 10.3. The number of phenolic OH excluding ortho intramolecular Hbond substituents is 1. The number of aromatic hydroxyl groups is 1. The summed E-state index contributed by atoms with van der Waals surface area (Å²) < 4.78 is 10.7. The molecule has 0 bridgehead atoms. The molecule has 4 aromatic rings.